The lowest BCUT2D eigenvalue weighted by Crippen LogP contribution is -2.26. The van der Waals surface area contributed by atoms with Crippen LogP contribution in [0.15, 0.2) is 84.9 Å². The fourth-order valence-electron chi connectivity index (χ4n) is 4.88. The van der Waals surface area contributed by atoms with Gasteiger partial charge in [-0.25, -0.2) is 0 Å². The van der Waals surface area contributed by atoms with Gasteiger partial charge < -0.3 is 15.2 Å². The van der Waals surface area contributed by atoms with Crippen LogP contribution in [0.2, 0.25) is 5.02 Å². The molecule has 208 valence electrons. The molecule has 0 saturated heterocycles. The summed E-state index contributed by atoms with van der Waals surface area (Å²) in [7, 11) is 1.66. The number of carbonyl (C=O) groups excluding carboxylic acids is 1. The highest BCUT2D eigenvalue weighted by atomic mass is 35.5. The summed E-state index contributed by atoms with van der Waals surface area (Å²) in [6, 6.07) is 27.4. The first-order valence-electron chi connectivity index (χ1n) is 13.3. The number of aryl methyl sites for hydroxylation is 1. The van der Waals surface area contributed by atoms with Crippen molar-refractivity contribution < 1.29 is 19.4 Å². The Bertz CT molecular complexity index is 1720. The molecule has 0 fully saturated rings. The Morgan fingerprint density at radius 1 is 0.951 bits per heavy atom. The summed E-state index contributed by atoms with van der Waals surface area (Å²) in [4.78, 5) is 23.2. The second kappa shape index (κ2) is 11.9. The molecule has 2 N–H and O–H groups in total. The van der Waals surface area contributed by atoms with E-state index in [1.165, 1.54) is 0 Å². The van der Waals surface area contributed by atoms with Gasteiger partial charge in [-0.15, -0.1) is 0 Å². The summed E-state index contributed by atoms with van der Waals surface area (Å²) in [5.41, 5.74) is 6.18. The molecule has 0 spiro atoms. The summed E-state index contributed by atoms with van der Waals surface area (Å²) in [5, 5.41) is 19.3. The van der Waals surface area contributed by atoms with E-state index in [0.717, 1.165) is 50.2 Å². The summed E-state index contributed by atoms with van der Waals surface area (Å²) in [6.45, 7) is 4.15. The maximum Gasteiger partial charge on any atom is 0.305 e. The van der Waals surface area contributed by atoms with Gasteiger partial charge in [0.05, 0.1) is 31.0 Å². The molecule has 5 aromatic rings. The quantitative estimate of drug-likeness (QED) is 0.197. The van der Waals surface area contributed by atoms with Gasteiger partial charge in [-0.05, 0) is 90.3 Å². The summed E-state index contributed by atoms with van der Waals surface area (Å²) < 4.78 is 7.38. The molecule has 5 rings (SSSR count). The predicted molar refractivity (Wildman–Crippen MR) is 162 cm³/mol. The van der Waals surface area contributed by atoms with Crippen molar-refractivity contribution in [2.45, 2.75) is 26.3 Å². The zero-order valence-electron chi connectivity index (χ0n) is 23.0. The predicted octanol–water partition coefficient (Wildman–Crippen LogP) is 7.15. The van der Waals surface area contributed by atoms with Gasteiger partial charge in [0.2, 0.25) is 0 Å². The number of rotatable bonds is 9. The number of halogens is 1. The molecule has 1 atom stereocenters. The van der Waals surface area contributed by atoms with Gasteiger partial charge in [0.15, 0.2) is 0 Å². The first-order valence-corrected chi connectivity index (χ1v) is 13.6. The molecule has 0 aliphatic carbocycles. The molecule has 0 radical (unpaired) electrons. The van der Waals surface area contributed by atoms with E-state index in [0.29, 0.717) is 10.6 Å². The number of nitrogens with zero attached hydrogens (tertiary/aromatic N) is 2. The number of amides is 1. The monoisotopic (exact) mass is 567 g/mol. The summed E-state index contributed by atoms with van der Waals surface area (Å²) >= 11 is 6.39. The van der Waals surface area contributed by atoms with Crippen LogP contribution in [0.3, 0.4) is 0 Å². The molecule has 0 unspecified atom stereocenters. The van der Waals surface area contributed by atoms with Crippen molar-refractivity contribution in [1.82, 2.24) is 15.1 Å². The molecule has 8 heteroatoms. The number of fused-ring (bicyclic) bond motifs is 1. The minimum absolute atomic E-state index is 0.0766. The summed E-state index contributed by atoms with van der Waals surface area (Å²) in [5.74, 6) is -0.457. The standard InChI is InChI=1S/C33H30ClN3O4/c1-20-14-27(17-28(34)15-20)30-19-31(26-9-8-25-18-29(41-3)11-10-24(25)16-26)37(36-30)21(2)22-4-6-23(7-5-22)33(40)35-13-12-32(38)39/h4-11,14-19,21H,12-13H2,1-3H3,(H,35,40)(H,38,39)/t21-/m0/s1. The number of methoxy groups -OCH3 is 1. The Morgan fingerprint density at radius 2 is 1.68 bits per heavy atom. The SMILES string of the molecule is COc1ccc2cc(-c3cc(-c4cc(C)cc(Cl)c4)nn3[C@@H](C)c3ccc(C(=O)NCCC(=O)O)cc3)ccc2c1. The Labute approximate surface area is 243 Å². The molecule has 7 nitrogen and oxygen atoms in total. The molecule has 41 heavy (non-hydrogen) atoms. The number of carbonyl (C=O) groups is 2. The lowest BCUT2D eigenvalue weighted by Gasteiger charge is -2.17. The number of benzene rings is 4. The number of ether oxygens (including phenoxy) is 1. The normalized spacial score (nSPS) is 11.8. The largest absolute Gasteiger partial charge is 0.497 e. The van der Waals surface area contributed by atoms with E-state index in [4.69, 9.17) is 26.5 Å². The summed E-state index contributed by atoms with van der Waals surface area (Å²) in [6.07, 6.45) is -0.125. The third kappa shape index (κ3) is 6.26. The van der Waals surface area contributed by atoms with Gasteiger partial charge >= 0.3 is 5.97 Å². The molecule has 4 aromatic carbocycles. The number of aromatic nitrogens is 2. The lowest BCUT2D eigenvalue weighted by atomic mass is 10.0. The van der Waals surface area contributed by atoms with E-state index < -0.39 is 5.97 Å². The van der Waals surface area contributed by atoms with Crippen LogP contribution < -0.4 is 10.1 Å². The van der Waals surface area contributed by atoms with Gasteiger partial charge in [0.1, 0.15) is 5.75 Å². The fraction of sp³-hybridized carbons (Fsp3) is 0.182. The Kier molecular flexibility index (Phi) is 8.08. The first-order chi connectivity index (χ1) is 19.7. The van der Waals surface area contributed by atoms with Crippen molar-refractivity contribution in [1.29, 1.82) is 0 Å². The van der Waals surface area contributed by atoms with Gasteiger partial charge in [0, 0.05) is 28.3 Å². The Morgan fingerprint density at radius 3 is 2.39 bits per heavy atom. The molecule has 0 saturated carbocycles. The third-order valence-electron chi connectivity index (χ3n) is 7.06. The highest BCUT2D eigenvalue weighted by molar-refractivity contribution is 6.31. The maximum atomic E-state index is 12.4. The van der Waals surface area contributed by atoms with E-state index in [1.54, 1.807) is 19.2 Å². The van der Waals surface area contributed by atoms with Crippen molar-refractivity contribution in [3.63, 3.8) is 0 Å². The zero-order chi connectivity index (χ0) is 29.1. The number of carboxylic acid groups (broad SMARTS) is 1. The average molecular weight is 568 g/mol. The van der Waals surface area contributed by atoms with Crippen molar-refractivity contribution >= 4 is 34.2 Å². The molecule has 1 amide bonds. The van der Waals surface area contributed by atoms with Gasteiger partial charge in [-0.3, -0.25) is 14.3 Å². The second-order valence-electron chi connectivity index (χ2n) is 10.0. The van der Waals surface area contributed by atoms with Crippen molar-refractivity contribution in [2.24, 2.45) is 0 Å². The van der Waals surface area contributed by atoms with Gasteiger partial charge in [-0.2, -0.15) is 5.10 Å². The lowest BCUT2D eigenvalue weighted by molar-refractivity contribution is -0.136. The number of nitrogens with one attached hydrogen (secondary N) is 1. The number of carboxylic acids is 1. The molecular formula is C33H30ClN3O4. The fourth-order valence-corrected chi connectivity index (χ4v) is 5.17. The second-order valence-corrected chi connectivity index (χ2v) is 10.4. The minimum atomic E-state index is -0.956. The van der Waals surface area contributed by atoms with Crippen LogP contribution in [0.5, 0.6) is 5.75 Å². The number of hydrogen-bond acceptors (Lipinski definition) is 4. The van der Waals surface area contributed by atoms with Crippen LogP contribution in [-0.2, 0) is 4.79 Å². The van der Waals surface area contributed by atoms with Crippen LogP contribution in [-0.4, -0.2) is 40.4 Å². The molecule has 0 bridgehead atoms. The average Bonchev–Trinajstić information content (AvgIpc) is 3.41. The Balaban J connectivity index is 1.53. The molecule has 0 aliphatic heterocycles. The van der Waals surface area contributed by atoms with Gasteiger partial charge in [-0.1, -0.05) is 41.9 Å². The van der Waals surface area contributed by atoms with E-state index in [2.05, 4.69) is 42.6 Å². The van der Waals surface area contributed by atoms with E-state index in [9.17, 15) is 9.59 Å². The molecule has 1 aromatic heterocycles. The van der Waals surface area contributed by atoms with Crippen LogP contribution in [0.1, 0.15) is 40.9 Å². The molecule has 1 heterocycles. The third-order valence-corrected chi connectivity index (χ3v) is 7.28. The highest BCUT2D eigenvalue weighted by Crippen LogP contribution is 2.34. The topological polar surface area (TPSA) is 93.5 Å². The van der Waals surface area contributed by atoms with Crippen LogP contribution in [0, 0.1) is 6.92 Å². The van der Waals surface area contributed by atoms with Crippen LogP contribution in [0.4, 0.5) is 0 Å². The zero-order valence-corrected chi connectivity index (χ0v) is 23.8. The number of aliphatic carboxylic acids is 1. The van der Waals surface area contributed by atoms with Crippen LogP contribution >= 0.6 is 11.6 Å². The minimum Gasteiger partial charge on any atom is -0.497 e. The molecule has 0 aliphatic rings. The Hall–Kier alpha value is -4.62. The maximum absolute atomic E-state index is 12.4. The number of hydrogen-bond donors (Lipinski definition) is 2. The van der Waals surface area contributed by atoms with Crippen molar-refractivity contribution in [3.8, 4) is 28.3 Å². The van der Waals surface area contributed by atoms with Gasteiger partial charge in [0.25, 0.3) is 5.91 Å². The van der Waals surface area contributed by atoms with Crippen molar-refractivity contribution in [2.75, 3.05) is 13.7 Å². The molecular weight excluding hydrogens is 538 g/mol. The first kappa shape index (κ1) is 27.9. The van der Waals surface area contributed by atoms with E-state index in [-0.39, 0.29) is 24.9 Å². The van der Waals surface area contributed by atoms with E-state index in [1.807, 2.05) is 54.1 Å². The van der Waals surface area contributed by atoms with Crippen molar-refractivity contribution in [3.05, 3.63) is 107 Å². The smallest absolute Gasteiger partial charge is 0.305 e. The highest BCUT2D eigenvalue weighted by Gasteiger charge is 2.19. The van der Waals surface area contributed by atoms with Crippen LogP contribution in [0.25, 0.3) is 33.3 Å². The van der Waals surface area contributed by atoms with E-state index >= 15 is 0 Å².